The normalized spacial score (nSPS) is 10.1. The summed E-state index contributed by atoms with van der Waals surface area (Å²) >= 11 is 0. The van der Waals surface area contributed by atoms with Gasteiger partial charge in [0.15, 0.2) is 0 Å². The summed E-state index contributed by atoms with van der Waals surface area (Å²) in [4.78, 5) is 14.1. The van der Waals surface area contributed by atoms with E-state index in [4.69, 9.17) is 5.26 Å². The summed E-state index contributed by atoms with van der Waals surface area (Å²) in [6, 6.07) is 2.13. The summed E-state index contributed by atoms with van der Waals surface area (Å²) in [7, 11) is 1.11. The quantitative estimate of drug-likeness (QED) is 0.600. The maximum Gasteiger partial charge on any atom is 0.311 e. The third-order valence-corrected chi connectivity index (χ3v) is 1.96. The Balaban J connectivity index is 3.21. The fraction of sp³-hybridized carbons (Fsp3) is 0.300. The van der Waals surface area contributed by atoms with Crippen LogP contribution in [0.1, 0.15) is 23.2 Å². The molecule has 0 amide bonds. The second-order valence-corrected chi connectivity index (χ2v) is 3.03. The van der Waals surface area contributed by atoms with Gasteiger partial charge < -0.3 is 4.74 Å². The maximum absolute atomic E-state index is 13.2. The van der Waals surface area contributed by atoms with Crippen LogP contribution in [-0.2, 0) is 16.0 Å². The molecule has 0 spiro atoms. The molecule has 0 N–H and O–H groups in total. The number of nitriles is 1. The summed E-state index contributed by atoms with van der Waals surface area (Å²) in [5.74, 6) is -2.05. The van der Waals surface area contributed by atoms with E-state index < -0.39 is 35.9 Å². The molecule has 90 valence electrons. The van der Waals surface area contributed by atoms with Gasteiger partial charge in [0.1, 0.15) is 11.6 Å². The number of methoxy groups -OCH3 is 1. The fourth-order valence-corrected chi connectivity index (χ4v) is 1.18. The van der Waals surface area contributed by atoms with Crippen LogP contribution < -0.4 is 0 Å². The van der Waals surface area contributed by atoms with Crippen molar-refractivity contribution >= 4 is 5.97 Å². The van der Waals surface area contributed by atoms with E-state index in [1.807, 2.05) is 0 Å². The molecule has 0 aliphatic rings. The van der Waals surface area contributed by atoms with Crippen molar-refractivity contribution in [2.24, 2.45) is 0 Å². The van der Waals surface area contributed by atoms with E-state index in [0.717, 1.165) is 13.2 Å². The van der Waals surface area contributed by atoms with Crippen molar-refractivity contribution in [3.8, 4) is 6.07 Å². The lowest BCUT2D eigenvalue weighted by Gasteiger charge is -2.06. The first-order chi connectivity index (χ1) is 7.99. The minimum atomic E-state index is -3.02. The largest absolute Gasteiger partial charge is 0.469 e. The second-order valence-electron chi connectivity index (χ2n) is 3.03. The van der Waals surface area contributed by atoms with Crippen LogP contribution in [0.3, 0.4) is 0 Å². The molecule has 1 heterocycles. The number of carbonyl (C=O) groups is 1. The third-order valence-electron chi connectivity index (χ3n) is 1.96. The van der Waals surface area contributed by atoms with E-state index >= 15 is 0 Å². The zero-order valence-electron chi connectivity index (χ0n) is 8.71. The van der Waals surface area contributed by atoms with E-state index in [1.54, 1.807) is 0 Å². The van der Waals surface area contributed by atoms with E-state index in [1.165, 1.54) is 6.07 Å². The Morgan fingerprint density at radius 3 is 2.76 bits per heavy atom. The van der Waals surface area contributed by atoms with Crippen molar-refractivity contribution in [3.05, 3.63) is 28.8 Å². The summed E-state index contributed by atoms with van der Waals surface area (Å²) in [5.41, 5.74) is -1.80. The van der Waals surface area contributed by atoms with Crippen molar-refractivity contribution in [1.29, 1.82) is 5.26 Å². The van der Waals surface area contributed by atoms with E-state index in [2.05, 4.69) is 9.72 Å². The lowest BCUT2D eigenvalue weighted by Crippen LogP contribution is -2.09. The first-order valence-electron chi connectivity index (χ1n) is 4.44. The first kappa shape index (κ1) is 13.0. The molecular weight excluding hydrogens is 237 g/mol. The number of hydrogen-bond acceptors (Lipinski definition) is 4. The van der Waals surface area contributed by atoms with Gasteiger partial charge in [-0.1, -0.05) is 0 Å². The summed E-state index contributed by atoms with van der Waals surface area (Å²) in [6.45, 7) is 0. The van der Waals surface area contributed by atoms with Gasteiger partial charge in [-0.25, -0.2) is 13.8 Å². The molecule has 0 radical (unpaired) electrons. The molecule has 1 rings (SSSR count). The predicted molar refractivity (Wildman–Crippen MR) is 49.6 cm³/mol. The Bertz CT molecular complexity index is 483. The van der Waals surface area contributed by atoms with Gasteiger partial charge in [0.2, 0.25) is 5.95 Å². The van der Waals surface area contributed by atoms with Gasteiger partial charge in [-0.3, -0.25) is 4.79 Å². The van der Waals surface area contributed by atoms with Crippen LogP contribution in [0.5, 0.6) is 0 Å². The van der Waals surface area contributed by atoms with Crippen LogP contribution >= 0.6 is 0 Å². The molecule has 0 saturated heterocycles. The molecule has 17 heavy (non-hydrogen) atoms. The van der Waals surface area contributed by atoms with Crippen molar-refractivity contribution in [2.45, 2.75) is 12.8 Å². The average Bonchev–Trinajstić information content (AvgIpc) is 2.28. The van der Waals surface area contributed by atoms with Gasteiger partial charge in [0.05, 0.1) is 19.2 Å². The number of nitrogens with zero attached hydrogens (tertiary/aromatic N) is 2. The Morgan fingerprint density at radius 1 is 1.65 bits per heavy atom. The van der Waals surface area contributed by atoms with Gasteiger partial charge >= 0.3 is 5.97 Å². The van der Waals surface area contributed by atoms with E-state index in [0.29, 0.717) is 0 Å². The van der Waals surface area contributed by atoms with E-state index in [9.17, 15) is 18.0 Å². The maximum atomic E-state index is 13.2. The third kappa shape index (κ3) is 2.93. The molecule has 0 aliphatic heterocycles. The van der Waals surface area contributed by atoms with Crippen molar-refractivity contribution < 1.29 is 22.7 Å². The molecule has 4 nitrogen and oxygen atoms in total. The summed E-state index contributed by atoms with van der Waals surface area (Å²) in [6.07, 6.45) is -3.45. The molecule has 0 aromatic carbocycles. The summed E-state index contributed by atoms with van der Waals surface area (Å²) in [5, 5.41) is 8.51. The number of halogens is 3. The number of alkyl halides is 2. The van der Waals surface area contributed by atoms with Gasteiger partial charge in [-0.2, -0.15) is 9.65 Å². The monoisotopic (exact) mass is 244 g/mol. The minimum absolute atomic E-state index is 0.205. The summed E-state index contributed by atoms with van der Waals surface area (Å²) < 4.78 is 42.6. The highest BCUT2D eigenvalue weighted by Gasteiger charge is 2.20. The number of ether oxygens (including phenoxy) is 1. The average molecular weight is 244 g/mol. The highest BCUT2D eigenvalue weighted by Crippen LogP contribution is 2.24. The Labute approximate surface area is 94.6 Å². The molecule has 1 aromatic heterocycles. The van der Waals surface area contributed by atoms with Crippen LogP contribution in [0, 0.1) is 17.3 Å². The fourth-order valence-electron chi connectivity index (χ4n) is 1.18. The zero-order chi connectivity index (χ0) is 13.0. The van der Waals surface area contributed by atoms with Gasteiger partial charge in [0.25, 0.3) is 6.43 Å². The lowest BCUT2D eigenvalue weighted by atomic mass is 10.1. The van der Waals surface area contributed by atoms with Crippen LogP contribution in [-0.4, -0.2) is 18.1 Å². The number of pyridine rings is 1. The van der Waals surface area contributed by atoms with Crippen molar-refractivity contribution in [2.75, 3.05) is 7.11 Å². The predicted octanol–water partition coefficient (Wildman–Crippen LogP) is 1.75. The lowest BCUT2D eigenvalue weighted by molar-refractivity contribution is -0.139. The van der Waals surface area contributed by atoms with Crippen molar-refractivity contribution in [3.63, 3.8) is 0 Å². The number of rotatable bonds is 3. The minimum Gasteiger partial charge on any atom is -0.469 e. The van der Waals surface area contributed by atoms with Crippen LogP contribution in [0.2, 0.25) is 0 Å². The number of aromatic nitrogens is 1. The molecule has 0 fully saturated rings. The standard InChI is InChI=1S/C10H7F3N2O2/c1-17-8(16)3-5-2-6(9(11)12)7(4-14)10(13)15-5/h2,9H,3H2,1H3. The van der Waals surface area contributed by atoms with Gasteiger partial charge in [0, 0.05) is 5.56 Å². The molecule has 1 aromatic rings. The molecule has 0 unspecified atom stereocenters. The van der Waals surface area contributed by atoms with Gasteiger partial charge in [-0.05, 0) is 6.07 Å². The van der Waals surface area contributed by atoms with Crippen LogP contribution in [0.25, 0.3) is 0 Å². The topological polar surface area (TPSA) is 63.0 Å². The van der Waals surface area contributed by atoms with Crippen LogP contribution in [0.15, 0.2) is 6.07 Å². The molecule has 0 saturated carbocycles. The smallest absolute Gasteiger partial charge is 0.311 e. The highest BCUT2D eigenvalue weighted by atomic mass is 19.3. The molecule has 0 atom stereocenters. The van der Waals surface area contributed by atoms with Crippen molar-refractivity contribution in [1.82, 2.24) is 4.98 Å². The first-order valence-corrected chi connectivity index (χ1v) is 4.44. The zero-order valence-corrected chi connectivity index (χ0v) is 8.71. The highest BCUT2D eigenvalue weighted by molar-refractivity contribution is 5.71. The SMILES string of the molecule is COC(=O)Cc1cc(C(F)F)c(C#N)c(F)n1. The van der Waals surface area contributed by atoms with E-state index in [-0.39, 0.29) is 5.69 Å². The molecule has 0 bridgehead atoms. The van der Waals surface area contributed by atoms with Gasteiger partial charge in [-0.15, -0.1) is 0 Å². The molecule has 7 heteroatoms. The van der Waals surface area contributed by atoms with Crippen LogP contribution in [0.4, 0.5) is 13.2 Å². The Hall–Kier alpha value is -2.10. The molecular formula is C10H7F3N2O2. The second kappa shape index (κ2) is 5.30. The number of esters is 1. The molecule has 0 aliphatic carbocycles. The number of hydrogen-bond donors (Lipinski definition) is 0. The Kier molecular flexibility index (Phi) is 4.04. The Morgan fingerprint density at radius 2 is 2.29 bits per heavy atom. The number of carbonyl (C=O) groups excluding carboxylic acids is 1.